The molecule has 0 spiro atoms. The minimum Gasteiger partial charge on any atom is -0.492 e. The molecule has 1 saturated heterocycles. The number of anilines is 1. The molecule has 0 radical (unpaired) electrons. The van der Waals surface area contributed by atoms with Crippen LogP contribution in [0.5, 0.6) is 5.75 Å². The summed E-state index contributed by atoms with van der Waals surface area (Å²) in [5, 5.41) is 0. The van der Waals surface area contributed by atoms with Gasteiger partial charge < -0.3 is 10.5 Å². The first-order valence-corrected chi connectivity index (χ1v) is 8.21. The lowest BCUT2D eigenvalue weighted by Crippen LogP contribution is -2.48. The topological polar surface area (TPSA) is 72.6 Å². The lowest BCUT2D eigenvalue weighted by molar-refractivity contribution is 0.179. The van der Waals surface area contributed by atoms with Crippen LogP contribution in [0.2, 0.25) is 0 Å². The average Bonchev–Trinajstić information content (AvgIpc) is 2.34. The number of nitrogen functional groups attached to an aromatic ring is 1. The van der Waals surface area contributed by atoms with E-state index in [1.165, 1.54) is 0 Å². The average molecular weight is 284 g/mol. The van der Waals surface area contributed by atoms with Gasteiger partial charge in [0.05, 0.1) is 11.5 Å². The smallest absolute Gasteiger partial charge is 0.153 e. The normalized spacial score (nSPS) is 23.1. The van der Waals surface area contributed by atoms with Crippen molar-refractivity contribution in [3.8, 4) is 5.75 Å². The van der Waals surface area contributed by atoms with E-state index < -0.39 is 9.84 Å². The number of hydrogen-bond acceptors (Lipinski definition) is 5. The summed E-state index contributed by atoms with van der Waals surface area (Å²) in [6.07, 6.45) is 0. The van der Waals surface area contributed by atoms with Crippen molar-refractivity contribution < 1.29 is 13.2 Å². The molecule has 2 N–H and O–H groups in total. The third kappa shape index (κ3) is 4.11. The van der Waals surface area contributed by atoms with E-state index >= 15 is 0 Å². The second-order valence-electron chi connectivity index (χ2n) is 4.92. The zero-order valence-electron chi connectivity index (χ0n) is 11.1. The van der Waals surface area contributed by atoms with Crippen LogP contribution in [0.15, 0.2) is 24.3 Å². The van der Waals surface area contributed by atoms with Gasteiger partial charge in [0.2, 0.25) is 0 Å². The van der Waals surface area contributed by atoms with Gasteiger partial charge in [-0.1, -0.05) is 0 Å². The fourth-order valence-electron chi connectivity index (χ4n) is 2.21. The number of rotatable bonds is 4. The lowest BCUT2D eigenvalue weighted by atomic mass is 10.3. The molecule has 19 heavy (non-hydrogen) atoms. The molecule has 1 heterocycles. The van der Waals surface area contributed by atoms with Gasteiger partial charge in [0.15, 0.2) is 9.84 Å². The molecule has 0 saturated carbocycles. The van der Waals surface area contributed by atoms with Gasteiger partial charge in [0, 0.05) is 24.8 Å². The Morgan fingerprint density at radius 3 is 2.68 bits per heavy atom. The Morgan fingerprint density at radius 2 is 2.05 bits per heavy atom. The molecule has 1 aliphatic rings. The summed E-state index contributed by atoms with van der Waals surface area (Å²) in [5.41, 5.74) is 6.31. The quantitative estimate of drug-likeness (QED) is 0.827. The van der Waals surface area contributed by atoms with E-state index in [0.29, 0.717) is 18.8 Å². The molecule has 1 aliphatic heterocycles. The molecule has 5 nitrogen and oxygen atoms in total. The van der Waals surface area contributed by atoms with Crippen molar-refractivity contribution in [2.75, 3.05) is 36.9 Å². The third-order valence-electron chi connectivity index (χ3n) is 3.34. The fourth-order valence-corrected chi connectivity index (χ4v) is 3.84. The highest BCUT2D eigenvalue weighted by molar-refractivity contribution is 7.91. The standard InChI is InChI=1S/C13H20N2O3S/c1-11-10-19(16,17)9-7-15(11)6-8-18-13-4-2-12(14)3-5-13/h2-5,11H,6-10,14H2,1H3. The Morgan fingerprint density at radius 1 is 1.37 bits per heavy atom. The van der Waals surface area contributed by atoms with E-state index in [-0.39, 0.29) is 17.5 Å². The van der Waals surface area contributed by atoms with Gasteiger partial charge in [0.25, 0.3) is 0 Å². The Labute approximate surface area is 114 Å². The Hall–Kier alpha value is -1.27. The summed E-state index contributed by atoms with van der Waals surface area (Å²) in [6.45, 7) is 3.82. The maximum Gasteiger partial charge on any atom is 0.153 e. The minimum atomic E-state index is -2.84. The van der Waals surface area contributed by atoms with Crippen LogP contribution < -0.4 is 10.5 Å². The van der Waals surface area contributed by atoms with Crippen molar-refractivity contribution in [2.24, 2.45) is 0 Å². The van der Waals surface area contributed by atoms with E-state index in [1.807, 2.05) is 19.1 Å². The predicted molar refractivity (Wildman–Crippen MR) is 76.0 cm³/mol. The highest BCUT2D eigenvalue weighted by Gasteiger charge is 2.27. The van der Waals surface area contributed by atoms with Crippen molar-refractivity contribution in [3.05, 3.63) is 24.3 Å². The molecule has 0 amide bonds. The molecule has 106 valence electrons. The number of hydrogen-bond donors (Lipinski definition) is 1. The van der Waals surface area contributed by atoms with Gasteiger partial charge in [-0.25, -0.2) is 8.42 Å². The van der Waals surface area contributed by atoms with Crippen LogP contribution in [-0.2, 0) is 9.84 Å². The summed E-state index contributed by atoms with van der Waals surface area (Å²) in [5.74, 6) is 1.28. The first-order valence-electron chi connectivity index (χ1n) is 6.39. The van der Waals surface area contributed by atoms with Crippen molar-refractivity contribution in [1.82, 2.24) is 4.90 Å². The second kappa shape index (κ2) is 5.79. The number of ether oxygens (including phenoxy) is 1. The number of sulfone groups is 1. The van der Waals surface area contributed by atoms with Crippen LogP contribution in [0, 0.1) is 0 Å². The van der Waals surface area contributed by atoms with Gasteiger partial charge in [-0.15, -0.1) is 0 Å². The van der Waals surface area contributed by atoms with Gasteiger partial charge in [0.1, 0.15) is 12.4 Å². The maximum atomic E-state index is 11.5. The van der Waals surface area contributed by atoms with Crippen LogP contribution in [0.4, 0.5) is 5.69 Å². The second-order valence-corrected chi connectivity index (χ2v) is 7.15. The Balaban J connectivity index is 1.78. The van der Waals surface area contributed by atoms with Crippen molar-refractivity contribution in [2.45, 2.75) is 13.0 Å². The Kier molecular flexibility index (Phi) is 4.31. The highest BCUT2D eigenvalue weighted by Crippen LogP contribution is 2.14. The first kappa shape index (κ1) is 14.1. The van der Waals surface area contributed by atoms with Gasteiger partial charge in [-0.05, 0) is 31.2 Å². The zero-order valence-corrected chi connectivity index (χ0v) is 11.9. The molecule has 1 unspecified atom stereocenters. The van der Waals surface area contributed by atoms with Crippen LogP contribution in [0.3, 0.4) is 0 Å². The number of nitrogens with two attached hydrogens (primary N) is 1. The summed E-state index contributed by atoms with van der Waals surface area (Å²) in [7, 11) is -2.84. The SMILES string of the molecule is CC1CS(=O)(=O)CCN1CCOc1ccc(N)cc1. The summed E-state index contributed by atoms with van der Waals surface area (Å²) in [6, 6.07) is 7.32. The van der Waals surface area contributed by atoms with Crippen molar-refractivity contribution in [1.29, 1.82) is 0 Å². The molecule has 2 rings (SSSR count). The molecule has 1 fully saturated rings. The molecule has 0 aliphatic carbocycles. The molecule has 1 aromatic rings. The third-order valence-corrected chi connectivity index (χ3v) is 5.13. The highest BCUT2D eigenvalue weighted by atomic mass is 32.2. The van der Waals surface area contributed by atoms with Crippen molar-refractivity contribution >= 4 is 15.5 Å². The lowest BCUT2D eigenvalue weighted by Gasteiger charge is -2.32. The molecular weight excluding hydrogens is 264 g/mol. The molecule has 1 atom stereocenters. The van der Waals surface area contributed by atoms with E-state index in [2.05, 4.69) is 4.90 Å². The first-order chi connectivity index (χ1) is 8.96. The monoisotopic (exact) mass is 284 g/mol. The molecule has 0 aromatic heterocycles. The summed E-state index contributed by atoms with van der Waals surface area (Å²) in [4.78, 5) is 2.15. The molecule has 0 bridgehead atoms. The van der Waals surface area contributed by atoms with Crippen LogP contribution in [0.1, 0.15) is 6.92 Å². The number of nitrogens with zero attached hydrogens (tertiary/aromatic N) is 1. The van der Waals surface area contributed by atoms with Gasteiger partial charge in [-0.2, -0.15) is 0 Å². The van der Waals surface area contributed by atoms with Crippen LogP contribution in [-0.4, -0.2) is 50.6 Å². The summed E-state index contributed by atoms with van der Waals surface area (Å²) >= 11 is 0. The van der Waals surface area contributed by atoms with Crippen LogP contribution in [0.25, 0.3) is 0 Å². The van der Waals surface area contributed by atoms with Crippen LogP contribution >= 0.6 is 0 Å². The summed E-state index contributed by atoms with van der Waals surface area (Å²) < 4.78 is 28.5. The molecular formula is C13H20N2O3S. The van der Waals surface area contributed by atoms with Crippen molar-refractivity contribution in [3.63, 3.8) is 0 Å². The molecule has 1 aromatic carbocycles. The van der Waals surface area contributed by atoms with Gasteiger partial charge >= 0.3 is 0 Å². The fraction of sp³-hybridized carbons (Fsp3) is 0.538. The maximum absolute atomic E-state index is 11.5. The Bertz CT molecular complexity index is 513. The van der Waals surface area contributed by atoms with Gasteiger partial charge in [-0.3, -0.25) is 4.90 Å². The largest absolute Gasteiger partial charge is 0.492 e. The van der Waals surface area contributed by atoms with E-state index in [4.69, 9.17) is 10.5 Å². The van der Waals surface area contributed by atoms with E-state index in [0.717, 1.165) is 12.3 Å². The minimum absolute atomic E-state index is 0.0637. The predicted octanol–water partition coefficient (Wildman–Crippen LogP) is 0.767. The van der Waals surface area contributed by atoms with E-state index in [1.54, 1.807) is 12.1 Å². The molecule has 6 heteroatoms. The zero-order chi connectivity index (χ0) is 13.9. The number of benzene rings is 1. The van der Waals surface area contributed by atoms with E-state index in [9.17, 15) is 8.42 Å².